The number of nitrogens with zero attached hydrogens (tertiary/aromatic N) is 2. The van der Waals surface area contributed by atoms with Gasteiger partial charge in [0.2, 0.25) is 0 Å². The van der Waals surface area contributed by atoms with Crippen LogP contribution in [0.25, 0.3) is 11.3 Å². The van der Waals surface area contributed by atoms with Crippen molar-refractivity contribution < 1.29 is 0 Å². The van der Waals surface area contributed by atoms with Crippen molar-refractivity contribution in [3.05, 3.63) is 34.3 Å². The van der Waals surface area contributed by atoms with E-state index in [0.29, 0.717) is 10.0 Å². The van der Waals surface area contributed by atoms with Crippen molar-refractivity contribution in [3.63, 3.8) is 0 Å². The second-order valence-electron chi connectivity index (χ2n) is 4.50. The number of benzene rings is 1. The predicted molar refractivity (Wildman–Crippen MR) is 79.1 cm³/mol. The quantitative estimate of drug-likeness (QED) is 0.896. The molecule has 6 heteroatoms. The van der Waals surface area contributed by atoms with Gasteiger partial charge in [0.1, 0.15) is 0 Å². The Labute approximate surface area is 121 Å². The van der Waals surface area contributed by atoms with Crippen molar-refractivity contribution in [2.45, 2.75) is 0 Å². The van der Waals surface area contributed by atoms with Gasteiger partial charge in [-0.05, 0) is 18.2 Å². The Morgan fingerprint density at radius 1 is 1.11 bits per heavy atom. The molecule has 0 atom stereocenters. The highest BCUT2D eigenvalue weighted by molar-refractivity contribution is 6.35. The van der Waals surface area contributed by atoms with Crippen LogP contribution in [0, 0.1) is 0 Å². The molecule has 0 radical (unpaired) electrons. The number of aromatic amines is 1. The van der Waals surface area contributed by atoms with Gasteiger partial charge < -0.3 is 10.2 Å². The third kappa shape index (κ3) is 2.71. The largest absolute Gasteiger partial charge is 0.353 e. The van der Waals surface area contributed by atoms with Crippen molar-refractivity contribution >= 4 is 29.0 Å². The summed E-state index contributed by atoms with van der Waals surface area (Å²) in [5, 5.41) is 12.0. The Morgan fingerprint density at radius 2 is 1.89 bits per heavy atom. The Hall–Kier alpha value is -1.23. The topological polar surface area (TPSA) is 44.0 Å². The van der Waals surface area contributed by atoms with Gasteiger partial charge in [0, 0.05) is 42.8 Å². The molecule has 0 amide bonds. The summed E-state index contributed by atoms with van der Waals surface area (Å²) in [5.74, 6) is 0.951. The minimum atomic E-state index is 0.665. The highest BCUT2D eigenvalue weighted by atomic mass is 35.5. The van der Waals surface area contributed by atoms with Crippen LogP contribution in [-0.4, -0.2) is 36.4 Å². The fourth-order valence-corrected chi connectivity index (χ4v) is 2.60. The lowest BCUT2D eigenvalue weighted by Gasteiger charge is -2.26. The van der Waals surface area contributed by atoms with E-state index >= 15 is 0 Å². The summed E-state index contributed by atoms with van der Waals surface area (Å²) in [4.78, 5) is 2.24. The lowest BCUT2D eigenvalue weighted by atomic mass is 10.1. The zero-order valence-corrected chi connectivity index (χ0v) is 11.8. The van der Waals surface area contributed by atoms with Gasteiger partial charge >= 0.3 is 0 Å². The summed E-state index contributed by atoms with van der Waals surface area (Å²) in [5.41, 5.74) is 1.77. The molecule has 19 heavy (non-hydrogen) atoms. The van der Waals surface area contributed by atoms with Gasteiger partial charge in [-0.25, -0.2) is 0 Å². The molecule has 0 bridgehead atoms. The first kappa shape index (κ1) is 12.8. The number of hydrogen-bond donors (Lipinski definition) is 2. The van der Waals surface area contributed by atoms with Crippen LogP contribution in [0.15, 0.2) is 24.3 Å². The van der Waals surface area contributed by atoms with E-state index in [1.165, 1.54) is 0 Å². The molecule has 0 unspecified atom stereocenters. The van der Waals surface area contributed by atoms with E-state index < -0.39 is 0 Å². The average Bonchev–Trinajstić information content (AvgIpc) is 2.92. The molecule has 1 saturated heterocycles. The van der Waals surface area contributed by atoms with E-state index in [2.05, 4.69) is 20.4 Å². The van der Waals surface area contributed by atoms with Crippen molar-refractivity contribution in [3.8, 4) is 11.3 Å². The lowest BCUT2D eigenvalue weighted by molar-refractivity contribution is 0.584. The maximum atomic E-state index is 6.20. The van der Waals surface area contributed by atoms with Gasteiger partial charge in [-0.3, -0.25) is 5.10 Å². The van der Waals surface area contributed by atoms with E-state index in [-0.39, 0.29) is 0 Å². The number of anilines is 1. The van der Waals surface area contributed by atoms with E-state index in [0.717, 1.165) is 43.3 Å². The van der Waals surface area contributed by atoms with Gasteiger partial charge in [-0.15, -0.1) is 0 Å². The highest BCUT2D eigenvalue weighted by Crippen LogP contribution is 2.31. The summed E-state index contributed by atoms with van der Waals surface area (Å²) >= 11 is 12.2. The molecule has 3 rings (SSSR count). The first-order valence-corrected chi connectivity index (χ1v) is 6.96. The fraction of sp³-hybridized carbons (Fsp3) is 0.308. The summed E-state index contributed by atoms with van der Waals surface area (Å²) in [7, 11) is 0. The first-order chi connectivity index (χ1) is 9.24. The Balaban J connectivity index is 1.89. The van der Waals surface area contributed by atoms with Crippen LogP contribution < -0.4 is 10.2 Å². The Kier molecular flexibility index (Phi) is 3.64. The normalized spacial score (nSPS) is 15.8. The molecule has 2 N–H and O–H groups in total. The minimum Gasteiger partial charge on any atom is -0.353 e. The van der Waals surface area contributed by atoms with Crippen LogP contribution in [-0.2, 0) is 0 Å². The van der Waals surface area contributed by atoms with E-state index in [9.17, 15) is 0 Å². The van der Waals surface area contributed by atoms with Gasteiger partial charge in [0.05, 0.1) is 10.7 Å². The van der Waals surface area contributed by atoms with Crippen LogP contribution in [0.1, 0.15) is 0 Å². The SMILES string of the molecule is Clc1ccc(Cl)c(-c2cc(N3CCNCC3)n[nH]2)c1. The van der Waals surface area contributed by atoms with Gasteiger partial charge in [0.25, 0.3) is 0 Å². The Morgan fingerprint density at radius 3 is 2.68 bits per heavy atom. The molecule has 1 fully saturated rings. The van der Waals surface area contributed by atoms with Crippen LogP contribution in [0.2, 0.25) is 10.0 Å². The molecular weight excluding hydrogens is 283 g/mol. The minimum absolute atomic E-state index is 0.665. The average molecular weight is 297 g/mol. The summed E-state index contributed by atoms with van der Waals surface area (Å²) in [6.07, 6.45) is 0. The number of piperazine rings is 1. The molecular formula is C13H14Cl2N4. The summed E-state index contributed by atoms with van der Waals surface area (Å²) < 4.78 is 0. The molecule has 100 valence electrons. The zero-order valence-electron chi connectivity index (χ0n) is 10.3. The summed E-state index contributed by atoms with van der Waals surface area (Å²) in [6.45, 7) is 3.90. The second kappa shape index (κ2) is 5.41. The molecule has 2 aromatic rings. The number of nitrogens with one attached hydrogen (secondary N) is 2. The van der Waals surface area contributed by atoms with Crippen molar-refractivity contribution in [2.75, 3.05) is 31.1 Å². The second-order valence-corrected chi connectivity index (χ2v) is 5.34. The molecule has 1 aliphatic rings. The maximum absolute atomic E-state index is 6.20. The van der Waals surface area contributed by atoms with Crippen LogP contribution in [0.5, 0.6) is 0 Å². The standard InChI is InChI=1S/C13H14Cl2N4/c14-9-1-2-11(15)10(7-9)12-8-13(18-17-12)19-5-3-16-4-6-19/h1-2,7-8,16H,3-6H2,(H,17,18). The number of hydrogen-bond acceptors (Lipinski definition) is 3. The molecule has 4 nitrogen and oxygen atoms in total. The van der Waals surface area contributed by atoms with E-state index in [1.54, 1.807) is 12.1 Å². The van der Waals surface area contributed by atoms with E-state index in [4.69, 9.17) is 23.2 Å². The molecule has 1 aliphatic heterocycles. The van der Waals surface area contributed by atoms with Gasteiger partial charge in [0.15, 0.2) is 5.82 Å². The monoisotopic (exact) mass is 296 g/mol. The van der Waals surface area contributed by atoms with E-state index in [1.807, 2.05) is 12.1 Å². The van der Waals surface area contributed by atoms with Gasteiger partial charge in [-0.2, -0.15) is 5.10 Å². The smallest absolute Gasteiger partial charge is 0.151 e. The molecule has 0 aliphatic carbocycles. The van der Waals surface area contributed by atoms with Crippen LogP contribution >= 0.6 is 23.2 Å². The molecule has 1 aromatic heterocycles. The molecule has 1 aromatic carbocycles. The predicted octanol–water partition coefficient (Wildman–Crippen LogP) is 2.79. The number of H-pyrrole nitrogens is 1. The van der Waals surface area contributed by atoms with Crippen molar-refractivity contribution in [1.82, 2.24) is 15.5 Å². The number of rotatable bonds is 2. The third-order valence-corrected chi connectivity index (χ3v) is 3.79. The lowest BCUT2D eigenvalue weighted by Crippen LogP contribution is -2.43. The summed E-state index contributed by atoms with van der Waals surface area (Å²) in [6, 6.07) is 7.44. The van der Waals surface area contributed by atoms with Crippen molar-refractivity contribution in [1.29, 1.82) is 0 Å². The van der Waals surface area contributed by atoms with Crippen LogP contribution in [0.3, 0.4) is 0 Å². The number of aromatic nitrogens is 2. The first-order valence-electron chi connectivity index (χ1n) is 6.20. The molecule has 0 spiro atoms. The number of halogens is 2. The van der Waals surface area contributed by atoms with Crippen LogP contribution in [0.4, 0.5) is 5.82 Å². The molecule has 0 saturated carbocycles. The van der Waals surface area contributed by atoms with Crippen molar-refractivity contribution in [2.24, 2.45) is 0 Å². The maximum Gasteiger partial charge on any atom is 0.151 e. The molecule has 2 heterocycles. The highest BCUT2D eigenvalue weighted by Gasteiger charge is 2.15. The van der Waals surface area contributed by atoms with Gasteiger partial charge in [-0.1, -0.05) is 23.2 Å². The third-order valence-electron chi connectivity index (χ3n) is 3.22. The Bertz CT molecular complexity index is 576. The fourth-order valence-electron chi connectivity index (χ4n) is 2.21. The zero-order chi connectivity index (χ0) is 13.2.